The molecule has 13 nitrogen and oxygen atoms in total. The van der Waals surface area contributed by atoms with E-state index in [1.54, 1.807) is 0 Å². The summed E-state index contributed by atoms with van der Waals surface area (Å²) in [5, 5.41) is 16.9. The molecule has 0 aliphatic carbocycles. The van der Waals surface area contributed by atoms with Crippen molar-refractivity contribution in [3.05, 3.63) is 18.2 Å². The molecule has 4 atom stereocenters. The van der Waals surface area contributed by atoms with Crippen molar-refractivity contribution in [1.29, 1.82) is 0 Å². The second-order valence-electron chi connectivity index (χ2n) is 8.23. The fourth-order valence-corrected chi connectivity index (χ4v) is 2.92. The number of aromatic nitrogens is 2. The summed E-state index contributed by atoms with van der Waals surface area (Å²) in [6.07, 6.45) is 2.62. The Morgan fingerprint density at radius 1 is 1.00 bits per heavy atom. The van der Waals surface area contributed by atoms with E-state index in [1.807, 2.05) is 13.8 Å². The SMILES string of the molecule is CC(C)CC(NC(=O)C(C)N)C(=O)NC(CCC(N)=O)C(=O)NC(Cc1cnc[nH]1)C(=O)O. The largest absolute Gasteiger partial charge is 0.480 e. The normalized spacial score (nSPS) is 14.6. The van der Waals surface area contributed by atoms with Crippen molar-refractivity contribution in [3.63, 3.8) is 0 Å². The summed E-state index contributed by atoms with van der Waals surface area (Å²) in [4.78, 5) is 67.2. The monoisotopic (exact) mass is 467 g/mol. The maximum Gasteiger partial charge on any atom is 0.326 e. The quantitative estimate of drug-likeness (QED) is 0.164. The molecule has 0 aliphatic heterocycles. The van der Waals surface area contributed by atoms with Crippen LogP contribution in [0.2, 0.25) is 0 Å². The maximum atomic E-state index is 12.9. The number of carboxylic acids is 1. The number of H-pyrrole nitrogens is 1. The number of primary amides is 1. The van der Waals surface area contributed by atoms with Gasteiger partial charge in [-0.3, -0.25) is 19.2 Å². The first-order chi connectivity index (χ1) is 15.4. The van der Waals surface area contributed by atoms with Crippen LogP contribution in [0.5, 0.6) is 0 Å². The van der Waals surface area contributed by atoms with Gasteiger partial charge in [-0.25, -0.2) is 9.78 Å². The first-order valence-corrected chi connectivity index (χ1v) is 10.6. The third kappa shape index (κ3) is 10.1. The summed E-state index contributed by atoms with van der Waals surface area (Å²) in [5.74, 6) is -3.98. The molecule has 1 rings (SSSR count). The number of nitrogens with zero attached hydrogens (tertiary/aromatic N) is 1. The minimum Gasteiger partial charge on any atom is -0.480 e. The number of hydrogen-bond acceptors (Lipinski definition) is 7. The molecule has 0 fully saturated rings. The lowest BCUT2D eigenvalue weighted by Crippen LogP contribution is -2.57. The Morgan fingerprint density at radius 3 is 2.06 bits per heavy atom. The first-order valence-electron chi connectivity index (χ1n) is 10.6. The van der Waals surface area contributed by atoms with E-state index in [1.165, 1.54) is 19.4 Å². The molecule has 0 radical (unpaired) electrons. The maximum absolute atomic E-state index is 12.9. The molecule has 9 N–H and O–H groups in total. The molecule has 1 aromatic heterocycles. The summed E-state index contributed by atoms with van der Waals surface area (Å²) in [5.41, 5.74) is 11.2. The zero-order chi connectivity index (χ0) is 25.1. The summed E-state index contributed by atoms with van der Waals surface area (Å²) >= 11 is 0. The molecule has 33 heavy (non-hydrogen) atoms. The number of carbonyl (C=O) groups excluding carboxylic acids is 4. The van der Waals surface area contributed by atoms with Gasteiger partial charge in [0.2, 0.25) is 23.6 Å². The minimum atomic E-state index is -1.31. The van der Waals surface area contributed by atoms with Gasteiger partial charge in [-0.2, -0.15) is 0 Å². The van der Waals surface area contributed by atoms with E-state index >= 15 is 0 Å². The van der Waals surface area contributed by atoms with Crippen LogP contribution in [0.15, 0.2) is 12.5 Å². The second-order valence-corrected chi connectivity index (χ2v) is 8.23. The Labute approximate surface area is 191 Å². The molecular weight excluding hydrogens is 434 g/mol. The Balaban J connectivity index is 2.99. The molecule has 184 valence electrons. The van der Waals surface area contributed by atoms with Gasteiger partial charge < -0.3 is 37.5 Å². The molecule has 4 amide bonds. The topological polar surface area (TPSA) is 222 Å². The van der Waals surface area contributed by atoms with Gasteiger partial charge in [-0.1, -0.05) is 13.8 Å². The Hall–Kier alpha value is -3.48. The van der Waals surface area contributed by atoms with E-state index < -0.39 is 53.8 Å². The standard InChI is InChI=1S/C20H33N7O6/c1-10(2)6-14(26-17(29)11(3)21)19(31)25-13(4-5-16(22)28)18(30)27-15(20(32)33)7-12-8-23-9-24-12/h8-11,13-15H,4-7,21H2,1-3H3,(H2,22,28)(H,23,24)(H,25,31)(H,26,29)(H,27,30)(H,32,33). The summed E-state index contributed by atoms with van der Waals surface area (Å²) in [6.45, 7) is 5.17. The Kier molecular flexibility index (Phi) is 11.0. The molecule has 0 aliphatic rings. The van der Waals surface area contributed by atoms with Crippen molar-refractivity contribution >= 4 is 29.6 Å². The molecule has 0 bridgehead atoms. The van der Waals surface area contributed by atoms with Crippen LogP contribution in [0.25, 0.3) is 0 Å². The zero-order valence-corrected chi connectivity index (χ0v) is 19.0. The van der Waals surface area contributed by atoms with E-state index in [4.69, 9.17) is 11.5 Å². The number of nitrogens with one attached hydrogen (secondary N) is 4. The van der Waals surface area contributed by atoms with Gasteiger partial charge in [0.05, 0.1) is 12.4 Å². The van der Waals surface area contributed by atoms with E-state index in [0.717, 1.165) is 0 Å². The molecular formula is C20H33N7O6. The van der Waals surface area contributed by atoms with Gasteiger partial charge in [0.1, 0.15) is 18.1 Å². The van der Waals surface area contributed by atoms with Crippen molar-refractivity contribution in [2.45, 2.75) is 70.6 Å². The fourth-order valence-electron chi connectivity index (χ4n) is 2.92. The minimum absolute atomic E-state index is 0.0258. The summed E-state index contributed by atoms with van der Waals surface area (Å²) in [7, 11) is 0. The molecule has 0 saturated heterocycles. The molecule has 0 aromatic carbocycles. The van der Waals surface area contributed by atoms with Crippen molar-refractivity contribution in [2.75, 3.05) is 0 Å². The van der Waals surface area contributed by atoms with Crippen LogP contribution in [0.4, 0.5) is 0 Å². The van der Waals surface area contributed by atoms with Crippen molar-refractivity contribution in [2.24, 2.45) is 17.4 Å². The number of hydrogen-bond donors (Lipinski definition) is 7. The zero-order valence-electron chi connectivity index (χ0n) is 19.0. The number of imidazole rings is 1. The van der Waals surface area contributed by atoms with Crippen LogP contribution in [-0.2, 0) is 30.4 Å². The average Bonchev–Trinajstić information content (AvgIpc) is 3.22. The lowest BCUT2D eigenvalue weighted by Gasteiger charge is -2.25. The predicted molar refractivity (Wildman–Crippen MR) is 117 cm³/mol. The lowest BCUT2D eigenvalue weighted by molar-refractivity contribution is -0.142. The number of aromatic amines is 1. The number of rotatable bonds is 14. The lowest BCUT2D eigenvalue weighted by atomic mass is 10.0. The van der Waals surface area contributed by atoms with Gasteiger partial charge in [0.25, 0.3) is 0 Å². The van der Waals surface area contributed by atoms with Crippen molar-refractivity contribution in [1.82, 2.24) is 25.9 Å². The van der Waals surface area contributed by atoms with Gasteiger partial charge in [0, 0.05) is 24.7 Å². The highest BCUT2D eigenvalue weighted by molar-refractivity contribution is 5.94. The third-order valence-electron chi connectivity index (χ3n) is 4.66. The third-order valence-corrected chi connectivity index (χ3v) is 4.66. The first kappa shape index (κ1) is 27.6. The second kappa shape index (κ2) is 13.2. The van der Waals surface area contributed by atoms with Gasteiger partial charge >= 0.3 is 5.97 Å². The summed E-state index contributed by atoms with van der Waals surface area (Å²) in [6, 6.07) is -4.39. The van der Waals surface area contributed by atoms with E-state index in [-0.39, 0.29) is 31.6 Å². The highest BCUT2D eigenvalue weighted by Gasteiger charge is 2.30. The van der Waals surface area contributed by atoms with Gasteiger partial charge in [-0.05, 0) is 25.7 Å². The smallest absolute Gasteiger partial charge is 0.326 e. The number of carboxylic acid groups (broad SMARTS) is 1. The average molecular weight is 468 g/mol. The Bertz CT molecular complexity index is 825. The van der Waals surface area contributed by atoms with Crippen molar-refractivity contribution < 1.29 is 29.1 Å². The van der Waals surface area contributed by atoms with Crippen LogP contribution in [0.3, 0.4) is 0 Å². The fraction of sp³-hybridized carbons (Fsp3) is 0.600. The number of amides is 4. The van der Waals surface area contributed by atoms with E-state index in [2.05, 4.69) is 25.9 Å². The van der Waals surface area contributed by atoms with Crippen LogP contribution >= 0.6 is 0 Å². The van der Waals surface area contributed by atoms with Crippen LogP contribution in [0, 0.1) is 5.92 Å². The number of nitrogens with two attached hydrogens (primary N) is 2. The highest BCUT2D eigenvalue weighted by atomic mass is 16.4. The van der Waals surface area contributed by atoms with Crippen LogP contribution < -0.4 is 27.4 Å². The summed E-state index contributed by atoms with van der Waals surface area (Å²) < 4.78 is 0. The van der Waals surface area contributed by atoms with Gasteiger partial charge in [0.15, 0.2) is 0 Å². The highest BCUT2D eigenvalue weighted by Crippen LogP contribution is 2.08. The number of carbonyl (C=O) groups is 5. The molecule has 1 heterocycles. The van der Waals surface area contributed by atoms with E-state index in [0.29, 0.717) is 5.69 Å². The molecule has 0 saturated carbocycles. The predicted octanol–water partition coefficient (Wildman–Crippen LogP) is -1.85. The Morgan fingerprint density at radius 2 is 1.58 bits per heavy atom. The van der Waals surface area contributed by atoms with Crippen LogP contribution in [0.1, 0.15) is 45.7 Å². The molecule has 0 spiro atoms. The van der Waals surface area contributed by atoms with Crippen molar-refractivity contribution in [3.8, 4) is 0 Å². The molecule has 1 aromatic rings. The van der Waals surface area contributed by atoms with Crippen LogP contribution in [-0.4, -0.2) is 68.8 Å². The molecule has 4 unspecified atom stereocenters. The number of aliphatic carboxylic acids is 1. The van der Waals surface area contributed by atoms with Gasteiger partial charge in [-0.15, -0.1) is 0 Å². The molecule has 13 heteroatoms. The van der Waals surface area contributed by atoms with E-state index in [9.17, 15) is 29.1 Å².